The highest BCUT2D eigenvalue weighted by Gasteiger charge is 2.24. The summed E-state index contributed by atoms with van der Waals surface area (Å²) in [6.45, 7) is 4.39. The number of hydrogen-bond acceptors (Lipinski definition) is 5. The van der Waals surface area contributed by atoms with Crippen LogP contribution in [0, 0.1) is 0 Å². The summed E-state index contributed by atoms with van der Waals surface area (Å²) in [7, 11) is 1.63. The number of esters is 1. The first kappa shape index (κ1) is 24.9. The molecule has 1 aromatic heterocycles. The number of H-pyrrole nitrogens is 1. The number of rotatable bonds is 10. The molecule has 2 aromatic carbocycles. The second-order valence-corrected chi connectivity index (χ2v) is 9.55. The average Bonchev–Trinajstić information content (AvgIpc) is 3.23. The molecule has 1 heterocycles. The molecule has 33 heavy (non-hydrogen) atoms. The molecule has 8 heteroatoms. The maximum Gasteiger partial charge on any atom is 0.341 e. The van der Waals surface area contributed by atoms with Crippen LogP contribution in [0.5, 0.6) is 5.75 Å². The SMILES string of the molecule is CCOC(=O)c1c(-c2ccc(Br)cc2)c[nH]c1S[C@@H](C)C(=O)NCCc1ccc(OC)cc1. The number of amides is 1. The van der Waals surface area contributed by atoms with Crippen LogP contribution in [-0.4, -0.2) is 42.4 Å². The number of ether oxygens (including phenoxy) is 2. The zero-order valence-corrected chi connectivity index (χ0v) is 21.2. The van der Waals surface area contributed by atoms with Crippen LogP contribution in [0.2, 0.25) is 0 Å². The minimum atomic E-state index is -0.411. The van der Waals surface area contributed by atoms with E-state index in [2.05, 4.69) is 26.2 Å². The number of aromatic amines is 1. The lowest BCUT2D eigenvalue weighted by Gasteiger charge is -2.13. The van der Waals surface area contributed by atoms with Crippen LogP contribution in [0.25, 0.3) is 11.1 Å². The Kier molecular flexibility index (Phi) is 9.03. The normalized spacial score (nSPS) is 11.6. The van der Waals surface area contributed by atoms with Gasteiger partial charge in [-0.1, -0.05) is 52.0 Å². The first-order chi connectivity index (χ1) is 15.9. The van der Waals surface area contributed by atoms with Gasteiger partial charge in [-0.25, -0.2) is 4.79 Å². The van der Waals surface area contributed by atoms with E-state index in [1.54, 1.807) is 20.2 Å². The highest BCUT2D eigenvalue weighted by Crippen LogP contribution is 2.35. The molecule has 2 N–H and O–H groups in total. The van der Waals surface area contributed by atoms with E-state index in [0.717, 1.165) is 33.3 Å². The van der Waals surface area contributed by atoms with Gasteiger partial charge in [0.15, 0.2) is 0 Å². The average molecular weight is 531 g/mol. The van der Waals surface area contributed by atoms with Crippen molar-refractivity contribution in [2.75, 3.05) is 20.3 Å². The molecule has 3 rings (SSSR count). The smallest absolute Gasteiger partial charge is 0.341 e. The number of nitrogens with one attached hydrogen (secondary N) is 2. The lowest BCUT2D eigenvalue weighted by atomic mass is 10.1. The number of benzene rings is 2. The van der Waals surface area contributed by atoms with E-state index in [1.165, 1.54) is 11.8 Å². The third-order valence-electron chi connectivity index (χ3n) is 5.01. The monoisotopic (exact) mass is 530 g/mol. The maximum absolute atomic E-state index is 12.7. The minimum Gasteiger partial charge on any atom is -0.497 e. The van der Waals surface area contributed by atoms with Crippen LogP contribution >= 0.6 is 27.7 Å². The molecule has 0 aliphatic heterocycles. The standard InChI is InChI=1S/C25H27BrN2O4S/c1-4-32-25(30)22-21(18-7-9-19(26)10-8-18)15-28-24(22)33-16(2)23(29)27-14-13-17-5-11-20(31-3)12-6-17/h5-12,15-16,28H,4,13-14H2,1-3H3,(H,27,29)/t16-/m0/s1. The zero-order valence-electron chi connectivity index (χ0n) is 18.8. The Morgan fingerprint density at radius 3 is 2.45 bits per heavy atom. The summed E-state index contributed by atoms with van der Waals surface area (Å²) in [5.74, 6) is 0.299. The van der Waals surface area contributed by atoms with Crippen LogP contribution < -0.4 is 10.1 Å². The fraction of sp³-hybridized carbons (Fsp3) is 0.280. The molecule has 1 atom stereocenters. The molecule has 0 bridgehead atoms. The van der Waals surface area contributed by atoms with E-state index in [4.69, 9.17) is 9.47 Å². The molecule has 3 aromatic rings. The van der Waals surface area contributed by atoms with Gasteiger partial charge in [-0.15, -0.1) is 0 Å². The van der Waals surface area contributed by atoms with Gasteiger partial charge in [0.2, 0.25) is 5.91 Å². The fourth-order valence-electron chi connectivity index (χ4n) is 3.26. The van der Waals surface area contributed by atoms with Crippen molar-refractivity contribution in [1.29, 1.82) is 0 Å². The third kappa shape index (κ3) is 6.65. The predicted molar refractivity (Wildman–Crippen MR) is 135 cm³/mol. The number of methoxy groups -OCH3 is 1. The Morgan fingerprint density at radius 1 is 1.12 bits per heavy atom. The van der Waals surface area contributed by atoms with Crippen LogP contribution in [0.4, 0.5) is 0 Å². The molecule has 0 unspecified atom stereocenters. The molecular formula is C25H27BrN2O4S. The molecule has 0 saturated carbocycles. The van der Waals surface area contributed by atoms with Gasteiger partial charge >= 0.3 is 5.97 Å². The topological polar surface area (TPSA) is 80.4 Å². The number of thioether (sulfide) groups is 1. The summed E-state index contributed by atoms with van der Waals surface area (Å²) >= 11 is 4.74. The summed E-state index contributed by atoms with van der Waals surface area (Å²) in [5, 5.41) is 3.19. The molecule has 0 aliphatic rings. The molecule has 1 amide bonds. The highest BCUT2D eigenvalue weighted by atomic mass is 79.9. The van der Waals surface area contributed by atoms with Crippen molar-refractivity contribution in [3.63, 3.8) is 0 Å². The predicted octanol–water partition coefficient (Wildman–Crippen LogP) is 5.47. The largest absolute Gasteiger partial charge is 0.497 e. The quantitative estimate of drug-likeness (QED) is 0.268. The van der Waals surface area contributed by atoms with Gasteiger partial charge in [-0.3, -0.25) is 4.79 Å². The lowest BCUT2D eigenvalue weighted by molar-refractivity contribution is -0.120. The van der Waals surface area contributed by atoms with E-state index >= 15 is 0 Å². The van der Waals surface area contributed by atoms with Crippen molar-refractivity contribution in [3.05, 3.63) is 70.3 Å². The molecule has 0 saturated heterocycles. The van der Waals surface area contributed by atoms with Gasteiger partial charge in [0.1, 0.15) is 5.75 Å². The number of aromatic nitrogens is 1. The third-order valence-corrected chi connectivity index (χ3v) is 6.67. The number of hydrogen-bond donors (Lipinski definition) is 2. The van der Waals surface area contributed by atoms with Crippen molar-refractivity contribution in [2.24, 2.45) is 0 Å². The minimum absolute atomic E-state index is 0.0943. The Labute approximate surface area is 206 Å². The molecule has 0 radical (unpaired) electrons. The van der Waals surface area contributed by atoms with Crippen molar-refractivity contribution >= 4 is 39.6 Å². The van der Waals surface area contributed by atoms with Crippen molar-refractivity contribution < 1.29 is 19.1 Å². The van der Waals surface area contributed by atoms with Gasteiger partial charge in [-0.05, 0) is 55.7 Å². The van der Waals surface area contributed by atoms with E-state index in [9.17, 15) is 9.59 Å². The lowest BCUT2D eigenvalue weighted by Crippen LogP contribution is -2.32. The van der Waals surface area contributed by atoms with E-state index in [0.29, 0.717) is 17.1 Å². The first-order valence-corrected chi connectivity index (χ1v) is 12.3. The number of carbonyl (C=O) groups excluding carboxylic acids is 2. The van der Waals surface area contributed by atoms with E-state index in [-0.39, 0.29) is 12.5 Å². The second kappa shape index (κ2) is 12.0. The second-order valence-electron chi connectivity index (χ2n) is 7.28. The Morgan fingerprint density at radius 2 is 1.82 bits per heavy atom. The summed E-state index contributed by atoms with van der Waals surface area (Å²) < 4.78 is 11.4. The van der Waals surface area contributed by atoms with Gasteiger partial charge < -0.3 is 19.8 Å². The van der Waals surface area contributed by atoms with Gasteiger partial charge in [0.05, 0.1) is 29.6 Å². The van der Waals surface area contributed by atoms with Crippen molar-refractivity contribution in [1.82, 2.24) is 10.3 Å². The van der Waals surface area contributed by atoms with Crippen LogP contribution in [0.15, 0.2) is 64.2 Å². The molecule has 0 spiro atoms. The summed E-state index contributed by atoms with van der Waals surface area (Å²) in [4.78, 5) is 28.6. The van der Waals surface area contributed by atoms with Crippen molar-refractivity contribution in [2.45, 2.75) is 30.5 Å². The maximum atomic E-state index is 12.7. The van der Waals surface area contributed by atoms with E-state index < -0.39 is 11.2 Å². The van der Waals surface area contributed by atoms with Crippen LogP contribution in [0.3, 0.4) is 0 Å². The summed E-state index contributed by atoms with van der Waals surface area (Å²) in [6.07, 6.45) is 2.50. The zero-order chi connectivity index (χ0) is 23.8. The van der Waals surface area contributed by atoms with Crippen molar-refractivity contribution in [3.8, 4) is 16.9 Å². The molecule has 6 nitrogen and oxygen atoms in total. The number of carbonyl (C=O) groups is 2. The van der Waals surface area contributed by atoms with Gasteiger partial charge in [0, 0.05) is 22.8 Å². The molecule has 0 fully saturated rings. The summed E-state index contributed by atoms with van der Waals surface area (Å²) in [6, 6.07) is 15.5. The van der Waals surface area contributed by atoms with Crippen LogP contribution in [0.1, 0.15) is 29.8 Å². The molecular weight excluding hydrogens is 504 g/mol. The van der Waals surface area contributed by atoms with Gasteiger partial charge in [-0.2, -0.15) is 0 Å². The summed E-state index contributed by atoms with van der Waals surface area (Å²) in [5.41, 5.74) is 3.20. The van der Waals surface area contributed by atoms with Crippen LogP contribution in [-0.2, 0) is 16.0 Å². The molecule has 174 valence electrons. The Bertz CT molecular complexity index is 1080. The van der Waals surface area contributed by atoms with Gasteiger partial charge in [0.25, 0.3) is 0 Å². The Hall–Kier alpha value is -2.71. The Balaban J connectivity index is 1.67. The van der Waals surface area contributed by atoms with E-state index in [1.807, 2.05) is 55.5 Å². The first-order valence-electron chi connectivity index (χ1n) is 10.6. The molecule has 0 aliphatic carbocycles. The fourth-order valence-corrected chi connectivity index (χ4v) is 4.50. The number of halogens is 1. The highest BCUT2D eigenvalue weighted by molar-refractivity contribution is 9.10.